The number of hydrogen-bond acceptors (Lipinski definition) is 3. The van der Waals surface area contributed by atoms with Crippen molar-refractivity contribution < 1.29 is 13.6 Å². The van der Waals surface area contributed by atoms with E-state index in [1.54, 1.807) is 0 Å². The maximum absolute atomic E-state index is 11.9. The van der Waals surface area contributed by atoms with Crippen molar-refractivity contribution in [3.05, 3.63) is 34.9 Å². The fourth-order valence-electron chi connectivity index (χ4n) is 2.55. The van der Waals surface area contributed by atoms with Crippen LogP contribution in [0.4, 0.5) is 0 Å². The fourth-order valence-corrected chi connectivity index (χ4v) is 3.76. The van der Waals surface area contributed by atoms with Crippen LogP contribution < -0.4 is 0 Å². The van der Waals surface area contributed by atoms with Crippen LogP contribution in [0, 0.1) is 0 Å². The van der Waals surface area contributed by atoms with Crippen LogP contribution in [0.2, 0.25) is 13.1 Å². The van der Waals surface area contributed by atoms with Gasteiger partial charge in [-0.1, -0.05) is 39.8 Å². The standard InChI is InChI=1S/C17H26O3Si2/c1-7-12-11-13(15(18)8-2)9-10-14(12)17(3,4)16(19-21-5)20-22-6/h9-11,16H,7-8H2,1-6H3. The van der Waals surface area contributed by atoms with E-state index in [1.165, 1.54) is 11.1 Å². The van der Waals surface area contributed by atoms with Crippen LogP contribution in [0.1, 0.15) is 55.6 Å². The lowest BCUT2D eigenvalue weighted by atomic mass is 9.79. The van der Waals surface area contributed by atoms with E-state index >= 15 is 0 Å². The zero-order chi connectivity index (χ0) is 16.8. The molecule has 22 heavy (non-hydrogen) atoms. The van der Waals surface area contributed by atoms with Gasteiger partial charge in [0.25, 0.3) is 0 Å². The van der Waals surface area contributed by atoms with E-state index in [9.17, 15) is 4.79 Å². The van der Waals surface area contributed by atoms with Gasteiger partial charge >= 0.3 is 0 Å². The van der Waals surface area contributed by atoms with Crippen molar-refractivity contribution in [1.29, 1.82) is 0 Å². The Morgan fingerprint density at radius 2 is 1.77 bits per heavy atom. The molecule has 3 nitrogen and oxygen atoms in total. The summed E-state index contributed by atoms with van der Waals surface area (Å²) in [7, 11) is 0.766. The molecule has 0 bridgehead atoms. The maximum atomic E-state index is 11.9. The molecule has 4 radical (unpaired) electrons. The van der Waals surface area contributed by atoms with E-state index in [-0.39, 0.29) is 17.5 Å². The number of ketones is 1. The summed E-state index contributed by atoms with van der Waals surface area (Å²) in [5.41, 5.74) is 2.93. The van der Waals surface area contributed by atoms with Crippen molar-refractivity contribution in [2.24, 2.45) is 0 Å². The molecular formula is C17H26O3Si2. The Labute approximate surface area is 139 Å². The topological polar surface area (TPSA) is 35.5 Å². The predicted octanol–water partition coefficient (Wildman–Crippen LogP) is 3.81. The minimum atomic E-state index is -0.266. The van der Waals surface area contributed by atoms with E-state index in [1.807, 2.05) is 32.2 Å². The van der Waals surface area contributed by atoms with Crippen LogP contribution in [0.15, 0.2) is 18.2 Å². The van der Waals surface area contributed by atoms with Gasteiger partial charge in [-0.3, -0.25) is 4.79 Å². The summed E-state index contributed by atoms with van der Waals surface area (Å²) in [5, 5.41) is 0. The summed E-state index contributed by atoms with van der Waals surface area (Å²) in [6.45, 7) is 12.3. The number of hydrogen-bond donors (Lipinski definition) is 0. The van der Waals surface area contributed by atoms with Crippen molar-refractivity contribution in [2.75, 3.05) is 0 Å². The van der Waals surface area contributed by atoms with Gasteiger partial charge in [-0.25, -0.2) is 0 Å². The monoisotopic (exact) mass is 334 g/mol. The first-order valence-electron chi connectivity index (χ1n) is 7.73. The summed E-state index contributed by atoms with van der Waals surface area (Å²) in [4.78, 5) is 11.9. The van der Waals surface area contributed by atoms with E-state index < -0.39 is 0 Å². The predicted molar refractivity (Wildman–Crippen MR) is 92.7 cm³/mol. The Morgan fingerprint density at radius 3 is 2.23 bits per heavy atom. The SMILES string of the molecule is CCC(=O)c1ccc(C(C)(C)C(O[Si]C)O[Si]C)c(CC)c1. The van der Waals surface area contributed by atoms with Crippen molar-refractivity contribution >= 4 is 25.3 Å². The summed E-state index contributed by atoms with van der Waals surface area (Å²) in [6.07, 6.45) is 1.16. The van der Waals surface area contributed by atoms with Crippen LogP contribution in [-0.4, -0.2) is 31.6 Å². The quantitative estimate of drug-likeness (QED) is 0.391. The summed E-state index contributed by atoms with van der Waals surface area (Å²) >= 11 is 0. The van der Waals surface area contributed by atoms with Crippen molar-refractivity contribution in [2.45, 2.75) is 65.3 Å². The van der Waals surface area contributed by atoms with Gasteiger partial charge in [-0.15, -0.1) is 0 Å². The van der Waals surface area contributed by atoms with Crippen LogP contribution in [0.25, 0.3) is 0 Å². The molecule has 0 aliphatic carbocycles. The van der Waals surface area contributed by atoms with Gasteiger partial charge in [0.2, 0.25) is 19.5 Å². The van der Waals surface area contributed by atoms with E-state index in [4.69, 9.17) is 8.85 Å². The zero-order valence-corrected chi connectivity index (χ0v) is 16.4. The Balaban J connectivity index is 3.24. The molecule has 5 heteroatoms. The van der Waals surface area contributed by atoms with Crippen LogP contribution in [-0.2, 0) is 20.7 Å². The Kier molecular flexibility index (Phi) is 7.69. The van der Waals surface area contributed by atoms with Gasteiger partial charge in [-0.05, 0) is 36.7 Å². The summed E-state index contributed by atoms with van der Waals surface area (Å²) in [5.74, 6) is 0.188. The average molecular weight is 335 g/mol. The highest BCUT2D eigenvalue weighted by atomic mass is 28.2. The molecule has 0 heterocycles. The fraction of sp³-hybridized carbons (Fsp3) is 0.588. The Bertz CT molecular complexity index is 495. The number of carbonyl (C=O) groups excluding carboxylic acids is 1. The number of rotatable bonds is 9. The molecule has 1 aromatic carbocycles. The second-order valence-corrected chi connectivity index (χ2v) is 6.99. The first-order chi connectivity index (χ1) is 10.4. The molecule has 1 aromatic rings. The summed E-state index contributed by atoms with van der Waals surface area (Å²) in [6, 6.07) is 6.03. The van der Waals surface area contributed by atoms with Gasteiger partial charge in [-0.2, -0.15) is 0 Å². The normalized spacial score (nSPS) is 12.0. The minimum absolute atomic E-state index is 0.188. The first kappa shape index (κ1) is 19.3. The number of benzene rings is 1. The molecule has 0 aliphatic heterocycles. The van der Waals surface area contributed by atoms with Gasteiger partial charge in [0.1, 0.15) is 6.29 Å². The van der Waals surface area contributed by atoms with Gasteiger partial charge in [0.05, 0.1) is 0 Å². The third kappa shape index (κ3) is 4.38. The second-order valence-electron chi connectivity index (χ2n) is 5.70. The van der Waals surface area contributed by atoms with E-state index in [0.29, 0.717) is 25.9 Å². The van der Waals surface area contributed by atoms with E-state index in [0.717, 1.165) is 12.0 Å². The highest BCUT2D eigenvalue weighted by Gasteiger charge is 2.34. The highest BCUT2D eigenvalue weighted by molar-refractivity contribution is 6.26. The molecule has 1 rings (SSSR count). The molecule has 120 valence electrons. The minimum Gasteiger partial charge on any atom is -0.393 e. The third-order valence-corrected chi connectivity index (χ3v) is 4.76. The smallest absolute Gasteiger partial charge is 0.229 e. The number of carbonyl (C=O) groups is 1. The largest absolute Gasteiger partial charge is 0.393 e. The molecule has 0 aliphatic rings. The summed E-state index contributed by atoms with van der Waals surface area (Å²) < 4.78 is 11.7. The Hall–Kier alpha value is -0.756. The van der Waals surface area contributed by atoms with Gasteiger partial charge in [0, 0.05) is 17.4 Å². The van der Waals surface area contributed by atoms with Crippen molar-refractivity contribution in [1.82, 2.24) is 0 Å². The van der Waals surface area contributed by atoms with Crippen LogP contribution in [0.5, 0.6) is 0 Å². The van der Waals surface area contributed by atoms with E-state index in [2.05, 4.69) is 26.8 Å². The van der Waals surface area contributed by atoms with Crippen molar-refractivity contribution in [3.8, 4) is 0 Å². The number of Topliss-reactive ketones (excluding diaryl/α,β-unsaturated/α-hetero) is 1. The molecule has 0 N–H and O–H groups in total. The molecule has 0 atom stereocenters. The third-order valence-electron chi connectivity index (χ3n) is 3.86. The number of aryl methyl sites for hydroxylation is 1. The molecule has 0 saturated carbocycles. The maximum Gasteiger partial charge on any atom is 0.229 e. The molecule has 0 aromatic heterocycles. The molecule has 0 amide bonds. The van der Waals surface area contributed by atoms with Crippen LogP contribution in [0.3, 0.4) is 0 Å². The lowest BCUT2D eigenvalue weighted by molar-refractivity contribution is -0.0435. The average Bonchev–Trinajstić information content (AvgIpc) is 2.53. The molecule has 0 fully saturated rings. The van der Waals surface area contributed by atoms with Crippen molar-refractivity contribution in [3.63, 3.8) is 0 Å². The second kappa shape index (κ2) is 8.77. The zero-order valence-electron chi connectivity index (χ0n) is 14.4. The van der Waals surface area contributed by atoms with Gasteiger partial charge in [0.15, 0.2) is 5.78 Å². The molecule has 0 saturated heterocycles. The lowest BCUT2D eigenvalue weighted by Crippen LogP contribution is -2.40. The molecular weight excluding hydrogens is 308 g/mol. The molecule has 0 spiro atoms. The highest BCUT2D eigenvalue weighted by Crippen LogP contribution is 2.33. The first-order valence-corrected chi connectivity index (χ1v) is 10.5. The van der Waals surface area contributed by atoms with Crippen LogP contribution >= 0.6 is 0 Å². The van der Waals surface area contributed by atoms with Gasteiger partial charge < -0.3 is 8.85 Å². The molecule has 0 unspecified atom stereocenters. The lowest BCUT2D eigenvalue weighted by Gasteiger charge is -2.36. The Morgan fingerprint density at radius 1 is 1.18 bits per heavy atom.